The summed E-state index contributed by atoms with van der Waals surface area (Å²) >= 11 is 7.52. The molecule has 1 aromatic heterocycles. The Labute approximate surface area is 126 Å². The standard InChI is InChI=1S/C14H14ClN3OS/c15-10-3-1-4-11(9-10)17-14(19)18-7-2-5-12(18)13-16-6-8-20-13/h1,3-4,6,8-9,12H,2,5,7H2,(H,17,19). The highest BCUT2D eigenvalue weighted by Gasteiger charge is 2.31. The molecular weight excluding hydrogens is 294 g/mol. The maximum atomic E-state index is 12.4. The number of rotatable bonds is 2. The van der Waals surface area contributed by atoms with Gasteiger partial charge < -0.3 is 10.2 Å². The number of hydrogen-bond donors (Lipinski definition) is 1. The Balaban J connectivity index is 1.73. The summed E-state index contributed by atoms with van der Waals surface area (Å²) in [5.41, 5.74) is 0.715. The third-order valence-corrected chi connectivity index (χ3v) is 4.44. The summed E-state index contributed by atoms with van der Waals surface area (Å²) in [5, 5.41) is 6.46. The fraction of sp³-hybridized carbons (Fsp3) is 0.286. The van der Waals surface area contributed by atoms with E-state index in [9.17, 15) is 4.79 Å². The number of amides is 2. The second kappa shape index (κ2) is 5.81. The Morgan fingerprint density at radius 3 is 3.15 bits per heavy atom. The van der Waals surface area contributed by atoms with Gasteiger partial charge in [-0.3, -0.25) is 0 Å². The van der Waals surface area contributed by atoms with E-state index in [0.29, 0.717) is 10.7 Å². The summed E-state index contributed by atoms with van der Waals surface area (Å²) in [6.07, 6.45) is 3.76. The van der Waals surface area contributed by atoms with Crippen molar-refractivity contribution in [1.29, 1.82) is 0 Å². The number of urea groups is 1. The first kappa shape index (κ1) is 13.4. The lowest BCUT2D eigenvalue weighted by molar-refractivity contribution is 0.207. The normalized spacial score (nSPS) is 18.2. The van der Waals surface area contributed by atoms with Crippen LogP contribution in [0, 0.1) is 0 Å². The third kappa shape index (κ3) is 2.78. The van der Waals surface area contributed by atoms with E-state index in [1.807, 2.05) is 22.4 Å². The first-order valence-electron chi connectivity index (χ1n) is 6.46. The maximum absolute atomic E-state index is 12.4. The van der Waals surface area contributed by atoms with Gasteiger partial charge in [0.2, 0.25) is 0 Å². The van der Waals surface area contributed by atoms with Crippen molar-refractivity contribution in [1.82, 2.24) is 9.88 Å². The molecule has 104 valence electrons. The van der Waals surface area contributed by atoms with E-state index in [1.165, 1.54) is 0 Å². The minimum Gasteiger partial charge on any atom is -0.315 e. The van der Waals surface area contributed by atoms with Gasteiger partial charge in [-0.1, -0.05) is 17.7 Å². The quantitative estimate of drug-likeness (QED) is 0.905. The Kier molecular flexibility index (Phi) is 3.89. The largest absolute Gasteiger partial charge is 0.322 e. The smallest absolute Gasteiger partial charge is 0.315 e. The number of carbonyl (C=O) groups excluding carboxylic acids is 1. The predicted octanol–water partition coefficient (Wildman–Crippen LogP) is 4.17. The van der Waals surface area contributed by atoms with Crippen molar-refractivity contribution in [2.75, 3.05) is 11.9 Å². The van der Waals surface area contributed by atoms with Crippen LogP contribution in [0.15, 0.2) is 35.8 Å². The van der Waals surface area contributed by atoms with Gasteiger partial charge >= 0.3 is 6.03 Å². The van der Waals surface area contributed by atoms with Gasteiger partial charge in [0.1, 0.15) is 5.01 Å². The fourth-order valence-corrected chi connectivity index (χ4v) is 3.40. The molecular formula is C14H14ClN3OS. The van der Waals surface area contributed by atoms with E-state index in [1.54, 1.807) is 29.7 Å². The van der Waals surface area contributed by atoms with Gasteiger partial charge in [-0.05, 0) is 31.0 Å². The first-order chi connectivity index (χ1) is 9.74. The summed E-state index contributed by atoms with van der Waals surface area (Å²) in [5.74, 6) is 0. The van der Waals surface area contributed by atoms with Gasteiger partial charge in [0, 0.05) is 28.8 Å². The van der Waals surface area contributed by atoms with Gasteiger partial charge in [-0.2, -0.15) is 0 Å². The van der Waals surface area contributed by atoms with Gasteiger partial charge in [-0.25, -0.2) is 9.78 Å². The van der Waals surface area contributed by atoms with E-state index in [-0.39, 0.29) is 12.1 Å². The van der Waals surface area contributed by atoms with Crippen molar-refractivity contribution >= 4 is 34.7 Å². The van der Waals surface area contributed by atoms with Crippen molar-refractivity contribution in [3.63, 3.8) is 0 Å². The zero-order valence-electron chi connectivity index (χ0n) is 10.8. The van der Waals surface area contributed by atoms with Crippen LogP contribution in [-0.4, -0.2) is 22.5 Å². The summed E-state index contributed by atoms with van der Waals surface area (Å²) in [6.45, 7) is 0.761. The lowest BCUT2D eigenvalue weighted by atomic mass is 10.2. The summed E-state index contributed by atoms with van der Waals surface area (Å²) < 4.78 is 0. The second-order valence-corrected chi connectivity index (χ2v) is 6.02. The number of nitrogens with one attached hydrogen (secondary N) is 1. The molecule has 2 amide bonds. The number of anilines is 1. The molecule has 6 heteroatoms. The van der Waals surface area contributed by atoms with Crippen LogP contribution in [0.5, 0.6) is 0 Å². The second-order valence-electron chi connectivity index (χ2n) is 4.66. The van der Waals surface area contributed by atoms with Crippen molar-refractivity contribution in [3.05, 3.63) is 45.9 Å². The number of halogens is 1. The summed E-state index contributed by atoms with van der Waals surface area (Å²) in [7, 11) is 0. The van der Waals surface area contributed by atoms with Crippen LogP contribution in [0.2, 0.25) is 5.02 Å². The Morgan fingerprint density at radius 1 is 1.50 bits per heavy atom. The Morgan fingerprint density at radius 2 is 2.40 bits per heavy atom. The van der Waals surface area contributed by atoms with Crippen molar-refractivity contribution < 1.29 is 4.79 Å². The third-order valence-electron chi connectivity index (χ3n) is 3.33. The van der Waals surface area contributed by atoms with Gasteiger partial charge in [0.05, 0.1) is 6.04 Å². The van der Waals surface area contributed by atoms with E-state index in [4.69, 9.17) is 11.6 Å². The molecule has 3 rings (SSSR count). The highest BCUT2D eigenvalue weighted by molar-refractivity contribution is 7.09. The first-order valence-corrected chi connectivity index (χ1v) is 7.72. The van der Waals surface area contributed by atoms with Crippen LogP contribution in [-0.2, 0) is 0 Å². The molecule has 1 atom stereocenters. The van der Waals surface area contributed by atoms with Crippen LogP contribution in [0.25, 0.3) is 0 Å². The van der Waals surface area contributed by atoms with E-state index in [0.717, 1.165) is 24.4 Å². The Hall–Kier alpha value is -1.59. The molecule has 0 saturated carbocycles. The highest BCUT2D eigenvalue weighted by Crippen LogP contribution is 2.33. The number of carbonyl (C=O) groups is 1. The maximum Gasteiger partial charge on any atom is 0.322 e. The van der Waals surface area contributed by atoms with Crippen molar-refractivity contribution in [2.45, 2.75) is 18.9 Å². The number of nitrogens with zero attached hydrogens (tertiary/aromatic N) is 2. The van der Waals surface area contributed by atoms with Crippen LogP contribution < -0.4 is 5.32 Å². The lowest BCUT2D eigenvalue weighted by Crippen LogP contribution is -2.34. The van der Waals surface area contributed by atoms with Crippen LogP contribution in [0.4, 0.5) is 10.5 Å². The molecule has 1 aliphatic heterocycles. The molecule has 0 bridgehead atoms. The number of likely N-dealkylation sites (tertiary alicyclic amines) is 1. The van der Waals surface area contributed by atoms with Gasteiger partial charge in [0.25, 0.3) is 0 Å². The molecule has 0 aliphatic carbocycles. The van der Waals surface area contributed by atoms with E-state index < -0.39 is 0 Å². The molecule has 1 saturated heterocycles. The molecule has 1 unspecified atom stereocenters. The number of thiazole rings is 1. The molecule has 2 aromatic rings. The van der Waals surface area contributed by atoms with Gasteiger partial charge in [0.15, 0.2) is 0 Å². The Bertz CT molecular complexity index is 602. The van der Waals surface area contributed by atoms with Crippen molar-refractivity contribution in [3.8, 4) is 0 Å². The van der Waals surface area contributed by atoms with Gasteiger partial charge in [-0.15, -0.1) is 11.3 Å². The SMILES string of the molecule is O=C(Nc1cccc(Cl)c1)N1CCCC1c1nccs1. The van der Waals surface area contributed by atoms with Crippen LogP contribution in [0.1, 0.15) is 23.9 Å². The minimum absolute atomic E-state index is 0.0918. The summed E-state index contributed by atoms with van der Waals surface area (Å²) in [6, 6.07) is 7.18. The molecule has 1 aliphatic rings. The van der Waals surface area contributed by atoms with Crippen LogP contribution in [0.3, 0.4) is 0 Å². The number of benzene rings is 1. The zero-order valence-corrected chi connectivity index (χ0v) is 12.3. The number of aromatic nitrogens is 1. The molecule has 4 nitrogen and oxygen atoms in total. The molecule has 0 radical (unpaired) electrons. The molecule has 0 spiro atoms. The monoisotopic (exact) mass is 307 g/mol. The highest BCUT2D eigenvalue weighted by atomic mass is 35.5. The molecule has 1 fully saturated rings. The molecule has 1 N–H and O–H groups in total. The fourth-order valence-electron chi connectivity index (χ4n) is 2.43. The predicted molar refractivity (Wildman–Crippen MR) is 81.3 cm³/mol. The van der Waals surface area contributed by atoms with Crippen LogP contribution >= 0.6 is 22.9 Å². The lowest BCUT2D eigenvalue weighted by Gasteiger charge is -2.23. The van der Waals surface area contributed by atoms with E-state index >= 15 is 0 Å². The average Bonchev–Trinajstić information content (AvgIpc) is 3.09. The van der Waals surface area contributed by atoms with Crippen molar-refractivity contribution in [2.24, 2.45) is 0 Å². The minimum atomic E-state index is -0.0926. The topological polar surface area (TPSA) is 45.2 Å². The molecule has 1 aromatic carbocycles. The average molecular weight is 308 g/mol. The zero-order chi connectivity index (χ0) is 13.9. The molecule has 20 heavy (non-hydrogen) atoms. The number of hydrogen-bond acceptors (Lipinski definition) is 3. The molecule has 2 heterocycles. The van der Waals surface area contributed by atoms with E-state index in [2.05, 4.69) is 10.3 Å². The summed E-state index contributed by atoms with van der Waals surface area (Å²) in [4.78, 5) is 18.6.